The predicted molar refractivity (Wildman–Crippen MR) is 62.9 cm³/mol. The lowest BCUT2D eigenvalue weighted by Gasteiger charge is -2.31. The molecule has 17 heavy (non-hydrogen) atoms. The lowest BCUT2D eigenvalue weighted by molar-refractivity contribution is -0.385. The van der Waals surface area contributed by atoms with Gasteiger partial charge in [0.1, 0.15) is 6.10 Å². The van der Waals surface area contributed by atoms with Crippen LogP contribution in [-0.4, -0.2) is 23.5 Å². The van der Waals surface area contributed by atoms with Gasteiger partial charge < -0.3 is 9.47 Å². The van der Waals surface area contributed by atoms with E-state index >= 15 is 0 Å². The third kappa shape index (κ3) is 2.61. The fourth-order valence-electron chi connectivity index (χ4n) is 1.65. The highest BCUT2D eigenvalue weighted by molar-refractivity contribution is 6.21. The van der Waals surface area contributed by atoms with Crippen molar-refractivity contribution in [2.24, 2.45) is 0 Å². The van der Waals surface area contributed by atoms with E-state index in [-0.39, 0.29) is 17.2 Å². The van der Waals surface area contributed by atoms with Crippen LogP contribution in [0.5, 0.6) is 11.5 Å². The van der Waals surface area contributed by atoms with Gasteiger partial charge >= 0.3 is 0 Å². The van der Waals surface area contributed by atoms with Crippen LogP contribution >= 0.6 is 11.6 Å². The SMILES string of the molecule is COc1ccc([N+](=O)[O-])cc1OC1CC(Cl)C1. The summed E-state index contributed by atoms with van der Waals surface area (Å²) in [5, 5.41) is 10.8. The Bertz CT molecular complexity index is 431. The highest BCUT2D eigenvalue weighted by Crippen LogP contribution is 2.36. The fraction of sp³-hybridized carbons (Fsp3) is 0.455. The summed E-state index contributed by atoms with van der Waals surface area (Å²) in [6.45, 7) is 0. The summed E-state index contributed by atoms with van der Waals surface area (Å²) in [7, 11) is 1.50. The molecule has 0 N–H and O–H groups in total. The number of ether oxygens (including phenoxy) is 2. The zero-order valence-corrected chi connectivity index (χ0v) is 10.0. The zero-order valence-electron chi connectivity index (χ0n) is 9.26. The van der Waals surface area contributed by atoms with E-state index in [2.05, 4.69) is 0 Å². The summed E-state index contributed by atoms with van der Waals surface area (Å²) in [4.78, 5) is 10.2. The Morgan fingerprint density at radius 1 is 1.41 bits per heavy atom. The van der Waals surface area contributed by atoms with Gasteiger partial charge in [0.25, 0.3) is 5.69 Å². The summed E-state index contributed by atoms with van der Waals surface area (Å²) in [5.41, 5.74) is -0.0115. The quantitative estimate of drug-likeness (QED) is 0.473. The van der Waals surface area contributed by atoms with E-state index in [4.69, 9.17) is 21.1 Å². The Hall–Kier alpha value is -1.49. The van der Waals surface area contributed by atoms with Gasteiger partial charge in [-0.3, -0.25) is 10.1 Å². The number of non-ortho nitro benzene ring substituents is 1. The fourth-order valence-corrected chi connectivity index (χ4v) is 2.05. The molecular formula is C11H12ClNO4. The molecule has 1 aliphatic rings. The molecule has 1 fully saturated rings. The second-order valence-corrected chi connectivity index (χ2v) is 4.52. The molecule has 0 saturated heterocycles. The molecule has 1 aromatic carbocycles. The summed E-state index contributed by atoms with van der Waals surface area (Å²) < 4.78 is 10.7. The summed E-state index contributed by atoms with van der Waals surface area (Å²) >= 11 is 5.85. The first-order valence-corrected chi connectivity index (χ1v) is 5.67. The van der Waals surface area contributed by atoms with Gasteiger partial charge in [0.05, 0.1) is 18.1 Å². The van der Waals surface area contributed by atoms with Crippen LogP contribution in [0.3, 0.4) is 0 Å². The Morgan fingerprint density at radius 3 is 2.65 bits per heavy atom. The van der Waals surface area contributed by atoms with Gasteiger partial charge in [-0.05, 0) is 6.07 Å². The van der Waals surface area contributed by atoms with Crippen LogP contribution in [0.25, 0.3) is 0 Å². The van der Waals surface area contributed by atoms with Gasteiger partial charge in [-0.2, -0.15) is 0 Å². The van der Waals surface area contributed by atoms with E-state index in [1.165, 1.54) is 25.3 Å². The molecule has 0 bridgehead atoms. The van der Waals surface area contributed by atoms with E-state index < -0.39 is 4.92 Å². The van der Waals surface area contributed by atoms with Crippen molar-refractivity contribution < 1.29 is 14.4 Å². The number of halogens is 1. The minimum atomic E-state index is -0.461. The van der Waals surface area contributed by atoms with E-state index in [1.807, 2.05) is 0 Å². The van der Waals surface area contributed by atoms with Crippen molar-refractivity contribution in [3.8, 4) is 11.5 Å². The van der Waals surface area contributed by atoms with E-state index in [9.17, 15) is 10.1 Å². The zero-order chi connectivity index (χ0) is 12.4. The number of hydrogen-bond donors (Lipinski definition) is 0. The molecular weight excluding hydrogens is 246 g/mol. The largest absolute Gasteiger partial charge is 0.493 e. The second kappa shape index (κ2) is 4.79. The van der Waals surface area contributed by atoms with Crippen molar-refractivity contribution in [1.82, 2.24) is 0 Å². The molecule has 0 spiro atoms. The van der Waals surface area contributed by atoms with E-state index in [0.717, 1.165) is 12.8 Å². The lowest BCUT2D eigenvalue weighted by Crippen LogP contribution is -2.34. The minimum Gasteiger partial charge on any atom is -0.493 e. The molecule has 0 radical (unpaired) electrons. The van der Waals surface area contributed by atoms with Crippen LogP contribution in [0.2, 0.25) is 0 Å². The molecule has 0 unspecified atom stereocenters. The molecule has 92 valence electrons. The van der Waals surface area contributed by atoms with Gasteiger partial charge in [-0.1, -0.05) is 0 Å². The van der Waals surface area contributed by atoms with Crippen molar-refractivity contribution in [2.45, 2.75) is 24.3 Å². The first-order valence-electron chi connectivity index (χ1n) is 5.23. The standard InChI is InChI=1S/C11H12ClNO4/c1-16-10-3-2-8(13(14)15)6-11(10)17-9-4-7(12)5-9/h2-3,6-7,9H,4-5H2,1H3. The molecule has 1 saturated carbocycles. The van der Waals surface area contributed by atoms with Crippen molar-refractivity contribution in [3.63, 3.8) is 0 Å². The van der Waals surface area contributed by atoms with Crippen molar-refractivity contribution in [1.29, 1.82) is 0 Å². The third-order valence-corrected chi connectivity index (χ3v) is 3.05. The summed E-state index contributed by atoms with van der Waals surface area (Å²) in [6.07, 6.45) is 1.54. The Balaban J connectivity index is 2.17. The van der Waals surface area contributed by atoms with E-state index in [0.29, 0.717) is 11.5 Å². The number of benzene rings is 1. The average molecular weight is 258 g/mol. The maximum atomic E-state index is 10.7. The molecule has 6 heteroatoms. The average Bonchev–Trinajstić information content (AvgIpc) is 2.26. The van der Waals surface area contributed by atoms with Crippen LogP contribution in [0.15, 0.2) is 18.2 Å². The predicted octanol–water partition coefficient (Wildman–Crippen LogP) is 2.75. The number of nitro groups is 1. The third-order valence-electron chi connectivity index (χ3n) is 2.69. The van der Waals surface area contributed by atoms with Crippen LogP contribution in [0.4, 0.5) is 5.69 Å². The molecule has 1 aliphatic carbocycles. The van der Waals surface area contributed by atoms with Crippen molar-refractivity contribution in [2.75, 3.05) is 7.11 Å². The van der Waals surface area contributed by atoms with Crippen LogP contribution in [0, 0.1) is 10.1 Å². The lowest BCUT2D eigenvalue weighted by atomic mass is 9.95. The van der Waals surface area contributed by atoms with Crippen LogP contribution in [0.1, 0.15) is 12.8 Å². The highest BCUT2D eigenvalue weighted by atomic mass is 35.5. The first-order chi connectivity index (χ1) is 8.10. The monoisotopic (exact) mass is 257 g/mol. The molecule has 0 aliphatic heterocycles. The molecule has 5 nitrogen and oxygen atoms in total. The molecule has 2 rings (SSSR count). The van der Waals surface area contributed by atoms with Gasteiger partial charge in [0, 0.05) is 24.3 Å². The second-order valence-electron chi connectivity index (χ2n) is 3.90. The van der Waals surface area contributed by atoms with Gasteiger partial charge in [-0.25, -0.2) is 0 Å². The van der Waals surface area contributed by atoms with Gasteiger partial charge in [-0.15, -0.1) is 11.6 Å². The Labute approximate surface area is 103 Å². The summed E-state index contributed by atoms with van der Waals surface area (Å²) in [6, 6.07) is 4.29. The number of alkyl halides is 1. The van der Waals surface area contributed by atoms with Gasteiger partial charge in [0.2, 0.25) is 0 Å². The normalized spacial score (nSPS) is 22.7. The molecule has 1 aromatic rings. The van der Waals surface area contributed by atoms with Gasteiger partial charge in [0.15, 0.2) is 11.5 Å². The Kier molecular flexibility index (Phi) is 3.38. The number of rotatable bonds is 4. The maximum absolute atomic E-state index is 10.7. The topological polar surface area (TPSA) is 61.6 Å². The van der Waals surface area contributed by atoms with Crippen LogP contribution in [-0.2, 0) is 0 Å². The highest BCUT2D eigenvalue weighted by Gasteiger charge is 2.30. The molecule has 0 atom stereocenters. The maximum Gasteiger partial charge on any atom is 0.273 e. The minimum absolute atomic E-state index is 0.0115. The number of methoxy groups -OCH3 is 1. The Morgan fingerprint density at radius 2 is 2.12 bits per heavy atom. The van der Waals surface area contributed by atoms with Crippen molar-refractivity contribution >= 4 is 17.3 Å². The molecule has 0 aromatic heterocycles. The molecule has 0 heterocycles. The van der Waals surface area contributed by atoms with Crippen molar-refractivity contribution in [3.05, 3.63) is 28.3 Å². The first kappa shape index (κ1) is 12.0. The number of hydrogen-bond acceptors (Lipinski definition) is 4. The smallest absolute Gasteiger partial charge is 0.273 e. The van der Waals surface area contributed by atoms with Crippen LogP contribution < -0.4 is 9.47 Å². The number of nitro benzene ring substituents is 1. The van der Waals surface area contributed by atoms with E-state index in [1.54, 1.807) is 0 Å². The summed E-state index contributed by atoms with van der Waals surface area (Å²) in [5.74, 6) is 0.892. The number of nitrogens with zero attached hydrogens (tertiary/aromatic N) is 1. The molecule has 0 amide bonds.